The Bertz CT molecular complexity index is 1380. The minimum atomic E-state index is -0.640. The van der Waals surface area contributed by atoms with E-state index >= 15 is 0 Å². The van der Waals surface area contributed by atoms with Crippen molar-refractivity contribution < 1.29 is 14.3 Å². The maximum absolute atomic E-state index is 13.7. The summed E-state index contributed by atoms with van der Waals surface area (Å²) in [6, 6.07) is 24.7. The van der Waals surface area contributed by atoms with Crippen LogP contribution in [0.4, 0.5) is 0 Å². The summed E-state index contributed by atoms with van der Waals surface area (Å²) in [5, 5.41) is 4.27. The van der Waals surface area contributed by atoms with Gasteiger partial charge in [0.1, 0.15) is 6.61 Å². The molecule has 3 aromatic rings. The first-order valence-corrected chi connectivity index (χ1v) is 12.6. The smallest absolute Gasteiger partial charge is 0.337 e. The highest BCUT2D eigenvalue weighted by Gasteiger charge is 2.42. The quantitative estimate of drug-likeness (QED) is 0.366. The van der Waals surface area contributed by atoms with Gasteiger partial charge in [-0.2, -0.15) is 0 Å². The van der Waals surface area contributed by atoms with Crippen LogP contribution in [0.25, 0.3) is 0 Å². The highest BCUT2D eigenvalue weighted by Crippen LogP contribution is 2.47. The molecule has 5 rings (SSSR count). The molecule has 3 aromatic carbocycles. The van der Waals surface area contributed by atoms with Crippen LogP contribution in [0, 0.1) is 0 Å². The van der Waals surface area contributed by atoms with Crippen molar-refractivity contribution in [3.8, 4) is 0 Å². The van der Waals surface area contributed by atoms with Gasteiger partial charge in [0.05, 0.1) is 5.57 Å². The number of hydrogen-bond donors (Lipinski definition) is 1. The molecule has 36 heavy (non-hydrogen) atoms. The number of halogens is 2. The Hall–Kier alpha value is -3.34. The lowest BCUT2D eigenvalue weighted by molar-refractivity contribution is -0.140. The lowest BCUT2D eigenvalue weighted by atomic mass is 9.71. The normalized spacial score (nSPS) is 19.6. The molecule has 2 atom stereocenters. The third kappa shape index (κ3) is 4.84. The van der Waals surface area contributed by atoms with E-state index in [2.05, 4.69) is 17.4 Å². The van der Waals surface area contributed by atoms with Crippen molar-refractivity contribution >= 4 is 35.0 Å². The van der Waals surface area contributed by atoms with Gasteiger partial charge in [0.25, 0.3) is 0 Å². The lowest BCUT2D eigenvalue weighted by Gasteiger charge is -2.37. The third-order valence-electron chi connectivity index (χ3n) is 6.80. The van der Waals surface area contributed by atoms with E-state index in [9.17, 15) is 9.59 Å². The van der Waals surface area contributed by atoms with Gasteiger partial charge < -0.3 is 10.1 Å². The standard InChI is InChI=1S/C30H25Cl2NO3/c1-18-27(30(35)36-17-19-8-4-2-5-9-19)28(23-13-12-22(31)16-24(23)32)29-25(33-18)14-21(15-26(29)34)20-10-6-3-7-11-20/h2-13,16,21,28,33H,14-15,17H2,1H3/t21-,28+/m0/s1. The van der Waals surface area contributed by atoms with E-state index in [0.29, 0.717) is 45.3 Å². The summed E-state index contributed by atoms with van der Waals surface area (Å²) in [7, 11) is 0. The van der Waals surface area contributed by atoms with Crippen molar-refractivity contribution in [2.24, 2.45) is 0 Å². The number of Topliss-reactive ketones (excluding diaryl/α,β-unsaturated/α-hetero) is 1. The largest absolute Gasteiger partial charge is 0.457 e. The summed E-state index contributed by atoms with van der Waals surface area (Å²) in [6.45, 7) is 1.98. The highest BCUT2D eigenvalue weighted by molar-refractivity contribution is 6.35. The molecule has 0 spiro atoms. The van der Waals surface area contributed by atoms with Crippen LogP contribution in [-0.4, -0.2) is 11.8 Å². The monoisotopic (exact) mass is 517 g/mol. The molecule has 1 aliphatic carbocycles. The van der Waals surface area contributed by atoms with Crippen molar-refractivity contribution in [1.29, 1.82) is 0 Å². The SMILES string of the molecule is CC1=C(C(=O)OCc2ccccc2)[C@@H](c2ccc(Cl)cc2Cl)C2=C(C[C@H](c3ccccc3)CC2=O)N1. The van der Waals surface area contributed by atoms with Crippen LogP contribution in [0.2, 0.25) is 10.0 Å². The fourth-order valence-electron chi connectivity index (χ4n) is 5.12. The molecule has 0 radical (unpaired) electrons. The number of dihydropyridines is 1. The van der Waals surface area contributed by atoms with Gasteiger partial charge >= 0.3 is 5.97 Å². The van der Waals surface area contributed by atoms with E-state index in [1.807, 2.05) is 55.5 Å². The zero-order chi connectivity index (χ0) is 25.2. The Morgan fingerprint density at radius 1 is 0.972 bits per heavy atom. The number of hydrogen-bond acceptors (Lipinski definition) is 4. The van der Waals surface area contributed by atoms with Crippen LogP contribution in [0.15, 0.2) is 101 Å². The number of ketones is 1. The van der Waals surface area contributed by atoms with Crippen LogP contribution in [0.3, 0.4) is 0 Å². The molecule has 1 heterocycles. The number of esters is 1. The molecule has 1 aliphatic heterocycles. The molecule has 6 heteroatoms. The third-order valence-corrected chi connectivity index (χ3v) is 7.37. The van der Waals surface area contributed by atoms with Gasteiger partial charge in [0, 0.05) is 39.4 Å². The minimum Gasteiger partial charge on any atom is -0.457 e. The number of benzene rings is 3. The van der Waals surface area contributed by atoms with E-state index in [4.69, 9.17) is 27.9 Å². The molecule has 4 nitrogen and oxygen atoms in total. The zero-order valence-electron chi connectivity index (χ0n) is 19.8. The van der Waals surface area contributed by atoms with Gasteiger partial charge in [0.2, 0.25) is 0 Å². The van der Waals surface area contributed by atoms with Crippen LogP contribution in [0.5, 0.6) is 0 Å². The second-order valence-corrected chi connectivity index (χ2v) is 10.00. The van der Waals surface area contributed by atoms with Crippen LogP contribution >= 0.6 is 23.2 Å². The molecular weight excluding hydrogens is 493 g/mol. The molecule has 0 saturated heterocycles. The summed E-state index contributed by atoms with van der Waals surface area (Å²) in [5.74, 6) is -1.07. The van der Waals surface area contributed by atoms with Crippen molar-refractivity contribution in [2.75, 3.05) is 0 Å². The number of nitrogens with one attached hydrogen (secondary N) is 1. The summed E-state index contributed by atoms with van der Waals surface area (Å²) in [6.07, 6.45) is 1.02. The average Bonchev–Trinajstić information content (AvgIpc) is 2.87. The van der Waals surface area contributed by atoms with E-state index in [-0.39, 0.29) is 18.3 Å². The van der Waals surface area contributed by atoms with Gasteiger partial charge in [-0.15, -0.1) is 0 Å². The Labute approximate surface area is 220 Å². The van der Waals surface area contributed by atoms with Gasteiger partial charge in [0.15, 0.2) is 5.78 Å². The Kier molecular flexibility index (Phi) is 6.99. The van der Waals surface area contributed by atoms with Crippen LogP contribution < -0.4 is 5.32 Å². The second kappa shape index (κ2) is 10.3. The number of allylic oxidation sites excluding steroid dienone is 3. The molecule has 0 aromatic heterocycles. The summed E-state index contributed by atoms with van der Waals surface area (Å²) >= 11 is 12.8. The predicted molar refractivity (Wildman–Crippen MR) is 142 cm³/mol. The second-order valence-electron chi connectivity index (χ2n) is 9.16. The van der Waals surface area contributed by atoms with Crippen LogP contribution in [-0.2, 0) is 20.9 Å². The van der Waals surface area contributed by atoms with Crippen molar-refractivity contribution in [3.05, 3.63) is 128 Å². The Morgan fingerprint density at radius 3 is 2.36 bits per heavy atom. The molecule has 0 saturated carbocycles. The van der Waals surface area contributed by atoms with Crippen molar-refractivity contribution in [3.63, 3.8) is 0 Å². The topological polar surface area (TPSA) is 55.4 Å². The van der Waals surface area contributed by atoms with Gasteiger partial charge in [-0.1, -0.05) is 89.9 Å². The first-order valence-electron chi connectivity index (χ1n) is 11.9. The van der Waals surface area contributed by atoms with E-state index in [0.717, 1.165) is 16.8 Å². The van der Waals surface area contributed by atoms with Crippen molar-refractivity contribution in [1.82, 2.24) is 5.32 Å². The number of carbonyl (C=O) groups excluding carboxylic acids is 2. The number of rotatable bonds is 5. The molecule has 1 N–H and O–H groups in total. The molecule has 0 unspecified atom stereocenters. The highest BCUT2D eigenvalue weighted by atomic mass is 35.5. The molecule has 2 aliphatic rings. The fraction of sp³-hybridized carbons (Fsp3) is 0.200. The number of carbonyl (C=O) groups is 2. The van der Waals surface area contributed by atoms with Gasteiger partial charge in [-0.25, -0.2) is 4.79 Å². The predicted octanol–water partition coefficient (Wildman–Crippen LogP) is 7.10. The van der Waals surface area contributed by atoms with Crippen LogP contribution in [0.1, 0.15) is 48.3 Å². The summed E-state index contributed by atoms with van der Waals surface area (Å²) in [4.78, 5) is 27.2. The molecule has 0 fully saturated rings. The number of ether oxygens (including phenoxy) is 1. The van der Waals surface area contributed by atoms with E-state index < -0.39 is 11.9 Å². The van der Waals surface area contributed by atoms with E-state index in [1.165, 1.54) is 0 Å². The fourth-order valence-corrected chi connectivity index (χ4v) is 5.64. The summed E-state index contributed by atoms with van der Waals surface area (Å²) < 4.78 is 5.72. The zero-order valence-corrected chi connectivity index (χ0v) is 21.3. The maximum Gasteiger partial charge on any atom is 0.337 e. The van der Waals surface area contributed by atoms with Crippen molar-refractivity contribution in [2.45, 2.75) is 38.2 Å². The van der Waals surface area contributed by atoms with Gasteiger partial charge in [-0.05, 0) is 48.1 Å². The minimum absolute atomic E-state index is 0.00511. The molecule has 0 amide bonds. The first-order chi connectivity index (χ1) is 17.4. The molecular formula is C30H25Cl2NO3. The first kappa shape index (κ1) is 24.4. The molecule has 182 valence electrons. The Balaban J connectivity index is 1.54. The average molecular weight is 518 g/mol. The summed E-state index contributed by atoms with van der Waals surface area (Å²) in [5.41, 5.74) is 5.11. The van der Waals surface area contributed by atoms with E-state index in [1.54, 1.807) is 18.2 Å². The molecule has 0 bridgehead atoms. The lowest BCUT2D eigenvalue weighted by Crippen LogP contribution is -2.36. The van der Waals surface area contributed by atoms with Gasteiger partial charge in [-0.3, -0.25) is 4.79 Å². The Morgan fingerprint density at radius 2 is 1.67 bits per heavy atom. The maximum atomic E-state index is 13.7.